The summed E-state index contributed by atoms with van der Waals surface area (Å²) in [4.78, 5) is 27.0. The molecule has 144 valence electrons. The molecule has 2 aromatic carbocycles. The molecule has 0 aliphatic heterocycles. The first kappa shape index (κ1) is 19.2. The molecule has 0 spiro atoms. The van der Waals surface area contributed by atoms with E-state index < -0.39 is 0 Å². The van der Waals surface area contributed by atoms with E-state index >= 15 is 0 Å². The summed E-state index contributed by atoms with van der Waals surface area (Å²) in [7, 11) is 0. The van der Waals surface area contributed by atoms with Crippen LogP contribution in [0.5, 0.6) is 5.75 Å². The molecule has 3 rings (SSSR count). The molecular formula is C21H22N4O3. The lowest BCUT2D eigenvalue weighted by Crippen LogP contribution is -2.20. The molecule has 0 unspecified atom stereocenters. The standard InChI is InChI=1S/C21H22N4O3/c1-2-28-17-9-7-16(8-10-17)24-20(26)11-12-21(27)25-23-14-15-13-22-19-6-4-3-5-18(15)19/h3-10,13-14,22H,2,11-12H2,1H3,(H,24,26)(H,25,27)/b23-14+. The molecular weight excluding hydrogens is 356 g/mol. The van der Waals surface area contributed by atoms with Gasteiger partial charge < -0.3 is 15.0 Å². The van der Waals surface area contributed by atoms with Crippen molar-refractivity contribution in [2.75, 3.05) is 11.9 Å². The van der Waals surface area contributed by atoms with Crippen molar-refractivity contribution in [2.24, 2.45) is 5.10 Å². The van der Waals surface area contributed by atoms with Crippen LogP contribution in [0.15, 0.2) is 59.8 Å². The van der Waals surface area contributed by atoms with Gasteiger partial charge in [0.25, 0.3) is 0 Å². The molecule has 0 atom stereocenters. The Morgan fingerprint density at radius 1 is 1.07 bits per heavy atom. The highest BCUT2D eigenvalue weighted by Gasteiger charge is 2.07. The van der Waals surface area contributed by atoms with Crippen molar-refractivity contribution in [3.8, 4) is 5.75 Å². The van der Waals surface area contributed by atoms with Crippen LogP contribution in [0.25, 0.3) is 10.9 Å². The highest BCUT2D eigenvalue weighted by molar-refractivity contribution is 5.99. The van der Waals surface area contributed by atoms with Crippen LogP contribution < -0.4 is 15.5 Å². The fraction of sp³-hybridized carbons (Fsp3) is 0.190. The Hall–Kier alpha value is -3.61. The van der Waals surface area contributed by atoms with E-state index in [4.69, 9.17) is 4.74 Å². The first-order valence-electron chi connectivity index (χ1n) is 9.06. The van der Waals surface area contributed by atoms with E-state index in [-0.39, 0.29) is 24.7 Å². The first-order chi connectivity index (χ1) is 13.7. The Bertz CT molecular complexity index is 977. The van der Waals surface area contributed by atoms with E-state index in [1.54, 1.807) is 30.5 Å². The number of hydrazone groups is 1. The van der Waals surface area contributed by atoms with Gasteiger partial charge in [0.05, 0.1) is 12.8 Å². The van der Waals surface area contributed by atoms with Gasteiger partial charge in [0.2, 0.25) is 11.8 Å². The van der Waals surface area contributed by atoms with Gasteiger partial charge in [-0.3, -0.25) is 9.59 Å². The third-order valence-corrected chi connectivity index (χ3v) is 4.04. The minimum atomic E-state index is -0.321. The molecule has 3 aromatic rings. The molecule has 0 bridgehead atoms. The topological polar surface area (TPSA) is 95.6 Å². The molecule has 3 N–H and O–H groups in total. The Morgan fingerprint density at radius 3 is 2.61 bits per heavy atom. The zero-order valence-corrected chi connectivity index (χ0v) is 15.6. The fourth-order valence-electron chi connectivity index (χ4n) is 2.68. The van der Waals surface area contributed by atoms with Gasteiger partial charge in [-0.15, -0.1) is 0 Å². The maximum atomic E-state index is 12.0. The Balaban J connectivity index is 1.43. The molecule has 1 aromatic heterocycles. The van der Waals surface area contributed by atoms with E-state index in [9.17, 15) is 9.59 Å². The molecule has 1 heterocycles. The summed E-state index contributed by atoms with van der Waals surface area (Å²) >= 11 is 0. The van der Waals surface area contributed by atoms with Crippen molar-refractivity contribution in [3.63, 3.8) is 0 Å². The number of nitrogens with one attached hydrogen (secondary N) is 3. The van der Waals surface area contributed by atoms with Crippen molar-refractivity contribution in [1.82, 2.24) is 10.4 Å². The van der Waals surface area contributed by atoms with Crippen LogP contribution in [0.3, 0.4) is 0 Å². The third kappa shape index (κ3) is 5.20. The largest absolute Gasteiger partial charge is 0.494 e. The first-order valence-corrected chi connectivity index (χ1v) is 9.06. The normalized spacial score (nSPS) is 10.9. The number of anilines is 1. The summed E-state index contributed by atoms with van der Waals surface area (Å²) in [6, 6.07) is 14.9. The van der Waals surface area contributed by atoms with Crippen molar-refractivity contribution in [2.45, 2.75) is 19.8 Å². The predicted octanol–water partition coefficient (Wildman–Crippen LogP) is 3.44. The number of para-hydroxylation sites is 1. The van der Waals surface area contributed by atoms with Crippen LogP contribution in [-0.4, -0.2) is 29.6 Å². The van der Waals surface area contributed by atoms with Crippen LogP contribution in [0, 0.1) is 0 Å². The minimum absolute atomic E-state index is 0.0497. The average molecular weight is 378 g/mol. The Labute approximate surface area is 162 Å². The summed E-state index contributed by atoms with van der Waals surface area (Å²) in [6.07, 6.45) is 3.52. The van der Waals surface area contributed by atoms with Gasteiger partial charge in [-0.25, -0.2) is 5.43 Å². The number of aromatic nitrogens is 1. The second-order valence-electron chi connectivity index (χ2n) is 6.09. The smallest absolute Gasteiger partial charge is 0.240 e. The number of fused-ring (bicyclic) bond motifs is 1. The zero-order chi connectivity index (χ0) is 19.8. The molecule has 2 amide bonds. The maximum absolute atomic E-state index is 12.0. The summed E-state index contributed by atoms with van der Waals surface area (Å²) < 4.78 is 5.35. The number of amides is 2. The van der Waals surface area contributed by atoms with Gasteiger partial charge >= 0.3 is 0 Å². The van der Waals surface area contributed by atoms with E-state index in [2.05, 4.69) is 20.8 Å². The van der Waals surface area contributed by atoms with Crippen LogP contribution in [0.2, 0.25) is 0 Å². The van der Waals surface area contributed by atoms with E-state index in [0.29, 0.717) is 12.3 Å². The van der Waals surface area contributed by atoms with Gasteiger partial charge in [0.1, 0.15) is 5.75 Å². The average Bonchev–Trinajstić information content (AvgIpc) is 3.11. The van der Waals surface area contributed by atoms with Crippen LogP contribution >= 0.6 is 0 Å². The molecule has 0 saturated heterocycles. The zero-order valence-electron chi connectivity index (χ0n) is 15.6. The number of ether oxygens (including phenoxy) is 1. The molecule has 7 heteroatoms. The SMILES string of the molecule is CCOc1ccc(NC(=O)CCC(=O)N/N=C/c2c[nH]c3ccccc23)cc1. The van der Waals surface area contributed by atoms with Crippen molar-refractivity contribution in [3.05, 3.63) is 60.3 Å². The lowest BCUT2D eigenvalue weighted by Gasteiger charge is -2.07. The Kier molecular flexibility index (Phi) is 6.41. The second kappa shape index (κ2) is 9.36. The highest BCUT2D eigenvalue weighted by Crippen LogP contribution is 2.16. The number of carbonyl (C=O) groups is 2. The summed E-state index contributed by atoms with van der Waals surface area (Å²) in [6.45, 7) is 2.49. The maximum Gasteiger partial charge on any atom is 0.240 e. The summed E-state index contributed by atoms with van der Waals surface area (Å²) in [5, 5.41) is 7.73. The molecule has 0 aliphatic carbocycles. The van der Waals surface area contributed by atoms with E-state index in [0.717, 1.165) is 22.2 Å². The third-order valence-electron chi connectivity index (χ3n) is 4.04. The summed E-state index contributed by atoms with van der Waals surface area (Å²) in [5.74, 6) is 0.186. The number of nitrogens with zero attached hydrogens (tertiary/aromatic N) is 1. The van der Waals surface area contributed by atoms with Crippen LogP contribution in [-0.2, 0) is 9.59 Å². The van der Waals surface area contributed by atoms with E-state index in [1.807, 2.05) is 37.4 Å². The van der Waals surface area contributed by atoms with Crippen LogP contribution in [0.1, 0.15) is 25.3 Å². The van der Waals surface area contributed by atoms with Crippen molar-refractivity contribution >= 4 is 34.6 Å². The van der Waals surface area contributed by atoms with Gasteiger partial charge in [-0.1, -0.05) is 18.2 Å². The number of aromatic amines is 1. The lowest BCUT2D eigenvalue weighted by molar-refractivity contribution is -0.124. The van der Waals surface area contributed by atoms with Gasteiger partial charge in [-0.05, 0) is 37.3 Å². The molecule has 28 heavy (non-hydrogen) atoms. The van der Waals surface area contributed by atoms with Crippen LogP contribution in [0.4, 0.5) is 5.69 Å². The summed E-state index contributed by atoms with van der Waals surface area (Å²) in [5.41, 5.74) is 4.98. The molecule has 0 fully saturated rings. The number of hydrogen-bond donors (Lipinski definition) is 3. The molecule has 7 nitrogen and oxygen atoms in total. The van der Waals surface area contributed by atoms with E-state index in [1.165, 1.54) is 0 Å². The quantitative estimate of drug-likeness (QED) is 0.414. The minimum Gasteiger partial charge on any atom is -0.494 e. The lowest BCUT2D eigenvalue weighted by atomic mass is 10.2. The molecule has 0 saturated carbocycles. The number of rotatable bonds is 8. The molecule has 0 radical (unpaired) electrons. The predicted molar refractivity (Wildman–Crippen MR) is 110 cm³/mol. The van der Waals surface area contributed by atoms with Crippen molar-refractivity contribution < 1.29 is 14.3 Å². The van der Waals surface area contributed by atoms with Crippen molar-refractivity contribution in [1.29, 1.82) is 0 Å². The number of hydrogen-bond acceptors (Lipinski definition) is 4. The Morgan fingerprint density at radius 2 is 1.82 bits per heavy atom. The number of benzene rings is 2. The number of carbonyl (C=O) groups excluding carboxylic acids is 2. The van der Waals surface area contributed by atoms with Gasteiger partial charge in [0, 0.05) is 41.2 Å². The van der Waals surface area contributed by atoms with Gasteiger partial charge in [0.15, 0.2) is 0 Å². The second-order valence-corrected chi connectivity index (χ2v) is 6.09. The highest BCUT2D eigenvalue weighted by atomic mass is 16.5. The molecule has 0 aliphatic rings. The number of H-pyrrole nitrogens is 1. The fourth-order valence-corrected chi connectivity index (χ4v) is 2.68. The van der Waals surface area contributed by atoms with Gasteiger partial charge in [-0.2, -0.15) is 5.10 Å². The monoisotopic (exact) mass is 378 g/mol.